The highest BCUT2D eigenvalue weighted by Gasteiger charge is 2.12. The maximum Gasteiger partial charge on any atom is 0.0345 e. The number of hydrogen-bond donors (Lipinski definition) is 1. The average Bonchev–Trinajstić information content (AvgIpc) is 2.21. The van der Waals surface area contributed by atoms with Gasteiger partial charge in [0.05, 0.1) is 0 Å². The number of hydrogen-bond acceptors (Lipinski definition) is 1. The molecule has 0 heterocycles. The van der Waals surface area contributed by atoms with Gasteiger partial charge in [-0.15, -0.1) is 0 Å². The van der Waals surface area contributed by atoms with Crippen LogP contribution < -0.4 is 5.32 Å². The van der Waals surface area contributed by atoms with Crippen LogP contribution in [0.4, 0.5) is 5.69 Å². The minimum absolute atomic E-state index is 0.590. The molecule has 18 heavy (non-hydrogen) atoms. The SMILES string of the molecule is Cc1ccc(NC(CC(C)C)CC(C)C)cc1C. The van der Waals surface area contributed by atoms with Gasteiger partial charge in [0.2, 0.25) is 0 Å². The second-order valence-corrected chi connectivity index (χ2v) is 6.40. The molecule has 0 aromatic heterocycles. The molecule has 0 atom stereocenters. The number of nitrogens with one attached hydrogen (secondary N) is 1. The van der Waals surface area contributed by atoms with Crippen molar-refractivity contribution in [1.29, 1.82) is 0 Å². The monoisotopic (exact) mass is 247 g/mol. The van der Waals surface area contributed by atoms with Crippen molar-refractivity contribution in [1.82, 2.24) is 0 Å². The first-order valence-electron chi connectivity index (χ1n) is 7.22. The molecule has 1 aromatic rings. The predicted molar refractivity (Wildman–Crippen MR) is 82.2 cm³/mol. The van der Waals surface area contributed by atoms with Gasteiger partial charge in [0.25, 0.3) is 0 Å². The van der Waals surface area contributed by atoms with Crippen molar-refractivity contribution >= 4 is 5.69 Å². The molecule has 0 aliphatic rings. The van der Waals surface area contributed by atoms with Crippen LogP contribution >= 0.6 is 0 Å². The molecule has 0 fully saturated rings. The third-order valence-corrected chi connectivity index (χ3v) is 3.39. The van der Waals surface area contributed by atoms with Crippen LogP contribution in [-0.4, -0.2) is 6.04 Å². The Morgan fingerprint density at radius 2 is 1.44 bits per heavy atom. The summed E-state index contributed by atoms with van der Waals surface area (Å²) in [7, 11) is 0. The lowest BCUT2D eigenvalue weighted by Crippen LogP contribution is -2.23. The summed E-state index contributed by atoms with van der Waals surface area (Å²) in [6, 6.07) is 7.27. The summed E-state index contributed by atoms with van der Waals surface area (Å²) >= 11 is 0. The van der Waals surface area contributed by atoms with E-state index in [0.717, 1.165) is 11.8 Å². The zero-order valence-corrected chi connectivity index (χ0v) is 12.9. The van der Waals surface area contributed by atoms with Crippen LogP contribution in [0.1, 0.15) is 51.7 Å². The largest absolute Gasteiger partial charge is 0.382 e. The van der Waals surface area contributed by atoms with Crippen LogP contribution in [0.25, 0.3) is 0 Å². The van der Waals surface area contributed by atoms with Gasteiger partial charge in [-0.25, -0.2) is 0 Å². The highest BCUT2D eigenvalue weighted by molar-refractivity contribution is 5.48. The Morgan fingerprint density at radius 3 is 1.89 bits per heavy atom. The minimum atomic E-state index is 0.590. The molecule has 0 saturated carbocycles. The fourth-order valence-electron chi connectivity index (χ4n) is 2.42. The summed E-state index contributed by atoms with van der Waals surface area (Å²) < 4.78 is 0. The van der Waals surface area contributed by atoms with Crippen molar-refractivity contribution in [3.8, 4) is 0 Å². The molecule has 0 amide bonds. The van der Waals surface area contributed by atoms with Gasteiger partial charge in [0, 0.05) is 11.7 Å². The highest BCUT2D eigenvalue weighted by Crippen LogP contribution is 2.20. The molecule has 0 spiro atoms. The number of rotatable bonds is 6. The lowest BCUT2D eigenvalue weighted by atomic mass is 9.95. The molecule has 0 aliphatic heterocycles. The van der Waals surface area contributed by atoms with Crippen LogP contribution in [0, 0.1) is 25.7 Å². The quantitative estimate of drug-likeness (QED) is 0.730. The smallest absolute Gasteiger partial charge is 0.0345 e. The Labute approximate surface area is 113 Å². The Kier molecular flexibility index (Phi) is 5.71. The first-order chi connectivity index (χ1) is 8.38. The van der Waals surface area contributed by atoms with Crippen molar-refractivity contribution < 1.29 is 0 Å². The molecule has 0 bridgehead atoms. The fraction of sp³-hybridized carbons (Fsp3) is 0.647. The van der Waals surface area contributed by atoms with Crippen LogP contribution in [0.15, 0.2) is 18.2 Å². The summed E-state index contributed by atoms with van der Waals surface area (Å²) in [5.74, 6) is 1.49. The van der Waals surface area contributed by atoms with E-state index in [1.807, 2.05) is 0 Å². The topological polar surface area (TPSA) is 12.0 Å². The van der Waals surface area contributed by atoms with Gasteiger partial charge in [-0.05, 0) is 61.8 Å². The van der Waals surface area contributed by atoms with Crippen molar-refractivity contribution in [3.05, 3.63) is 29.3 Å². The summed E-state index contributed by atoms with van der Waals surface area (Å²) in [5, 5.41) is 3.71. The number of aryl methyl sites for hydroxylation is 2. The normalized spacial score (nSPS) is 11.6. The van der Waals surface area contributed by atoms with E-state index >= 15 is 0 Å². The van der Waals surface area contributed by atoms with E-state index < -0.39 is 0 Å². The van der Waals surface area contributed by atoms with E-state index in [1.165, 1.54) is 29.7 Å². The van der Waals surface area contributed by atoms with E-state index in [1.54, 1.807) is 0 Å². The van der Waals surface area contributed by atoms with Gasteiger partial charge < -0.3 is 5.32 Å². The Hall–Kier alpha value is -0.980. The molecule has 0 radical (unpaired) electrons. The third kappa shape index (κ3) is 5.12. The van der Waals surface area contributed by atoms with Gasteiger partial charge in [-0.1, -0.05) is 33.8 Å². The zero-order valence-electron chi connectivity index (χ0n) is 12.9. The Bertz CT molecular complexity index is 356. The molecule has 0 unspecified atom stereocenters. The van der Waals surface area contributed by atoms with Gasteiger partial charge in [-0.2, -0.15) is 0 Å². The molecule has 1 nitrogen and oxygen atoms in total. The summed E-state index contributed by atoms with van der Waals surface area (Å²) in [6.45, 7) is 13.6. The second kappa shape index (κ2) is 6.82. The second-order valence-electron chi connectivity index (χ2n) is 6.40. The van der Waals surface area contributed by atoms with Crippen molar-refractivity contribution in [2.24, 2.45) is 11.8 Å². The fourth-order valence-corrected chi connectivity index (χ4v) is 2.42. The van der Waals surface area contributed by atoms with Crippen LogP contribution in [-0.2, 0) is 0 Å². The summed E-state index contributed by atoms with van der Waals surface area (Å²) in [5.41, 5.74) is 4.00. The van der Waals surface area contributed by atoms with Gasteiger partial charge >= 0.3 is 0 Å². The van der Waals surface area contributed by atoms with Crippen molar-refractivity contribution in [3.63, 3.8) is 0 Å². The van der Waals surface area contributed by atoms with Gasteiger partial charge in [0.1, 0.15) is 0 Å². The lowest BCUT2D eigenvalue weighted by Gasteiger charge is -2.24. The molecule has 1 heteroatoms. The zero-order chi connectivity index (χ0) is 13.7. The maximum atomic E-state index is 3.71. The number of benzene rings is 1. The molecular formula is C17H29N. The van der Waals surface area contributed by atoms with Crippen LogP contribution in [0.5, 0.6) is 0 Å². The first-order valence-corrected chi connectivity index (χ1v) is 7.22. The van der Waals surface area contributed by atoms with Gasteiger partial charge in [-0.3, -0.25) is 0 Å². The molecule has 1 rings (SSSR count). The van der Waals surface area contributed by atoms with E-state index in [4.69, 9.17) is 0 Å². The summed E-state index contributed by atoms with van der Waals surface area (Å²) in [4.78, 5) is 0. The van der Waals surface area contributed by atoms with Crippen molar-refractivity contribution in [2.45, 2.75) is 60.4 Å². The third-order valence-electron chi connectivity index (χ3n) is 3.39. The Morgan fingerprint density at radius 1 is 0.889 bits per heavy atom. The summed E-state index contributed by atoms with van der Waals surface area (Å²) in [6.07, 6.45) is 2.48. The van der Waals surface area contributed by atoms with E-state index in [2.05, 4.69) is 65.1 Å². The molecule has 0 saturated heterocycles. The van der Waals surface area contributed by atoms with Crippen LogP contribution in [0.2, 0.25) is 0 Å². The maximum absolute atomic E-state index is 3.71. The van der Waals surface area contributed by atoms with E-state index in [9.17, 15) is 0 Å². The Balaban J connectivity index is 2.71. The average molecular weight is 247 g/mol. The molecular weight excluding hydrogens is 218 g/mol. The lowest BCUT2D eigenvalue weighted by molar-refractivity contribution is 0.442. The predicted octanol–water partition coefficient (Wildman–Crippen LogP) is 5.18. The van der Waals surface area contributed by atoms with E-state index in [-0.39, 0.29) is 0 Å². The van der Waals surface area contributed by atoms with Gasteiger partial charge in [0.15, 0.2) is 0 Å². The van der Waals surface area contributed by atoms with Crippen LogP contribution in [0.3, 0.4) is 0 Å². The minimum Gasteiger partial charge on any atom is -0.382 e. The molecule has 0 aliphatic carbocycles. The molecule has 1 aromatic carbocycles. The number of anilines is 1. The molecule has 1 N–H and O–H groups in total. The van der Waals surface area contributed by atoms with Crippen molar-refractivity contribution in [2.75, 3.05) is 5.32 Å². The standard InChI is InChI=1S/C17H29N/c1-12(2)9-17(10-13(3)4)18-16-8-7-14(5)15(6)11-16/h7-8,11-13,17-18H,9-10H2,1-6H3. The van der Waals surface area contributed by atoms with E-state index in [0.29, 0.717) is 6.04 Å². The molecule has 102 valence electrons. The first kappa shape index (κ1) is 15.1. The highest BCUT2D eigenvalue weighted by atomic mass is 14.9.